The summed E-state index contributed by atoms with van der Waals surface area (Å²) >= 11 is 0. The number of nitrogens with one attached hydrogen (secondary N) is 1. The van der Waals surface area contributed by atoms with E-state index in [9.17, 15) is 9.90 Å². The molecule has 0 heterocycles. The van der Waals surface area contributed by atoms with Crippen LogP contribution in [0.2, 0.25) is 0 Å². The molecule has 1 aromatic carbocycles. The van der Waals surface area contributed by atoms with E-state index < -0.39 is 0 Å². The van der Waals surface area contributed by atoms with E-state index >= 15 is 0 Å². The van der Waals surface area contributed by atoms with E-state index in [0.29, 0.717) is 19.4 Å². The number of benzene rings is 1. The Labute approximate surface area is 138 Å². The van der Waals surface area contributed by atoms with Crippen LogP contribution in [0.5, 0.6) is 0 Å². The number of hydrogen-bond acceptors (Lipinski definition) is 5. The number of ether oxygens (including phenoxy) is 1. The van der Waals surface area contributed by atoms with Gasteiger partial charge in [-0.05, 0) is 49.3 Å². The van der Waals surface area contributed by atoms with Crippen LogP contribution in [0.3, 0.4) is 0 Å². The van der Waals surface area contributed by atoms with Crippen LogP contribution < -0.4 is 11.1 Å². The highest BCUT2D eigenvalue weighted by molar-refractivity contribution is 5.70. The van der Waals surface area contributed by atoms with Gasteiger partial charge in [-0.2, -0.15) is 0 Å². The molecule has 0 aromatic heterocycles. The molecule has 0 amide bonds. The molecule has 5 nitrogen and oxygen atoms in total. The molecule has 0 aliphatic carbocycles. The molecule has 23 heavy (non-hydrogen) atoms. The molecule has 1 rings (SSSR count). The highest BCUT2D eigenvalue weighted by Gasteiger charge is 2.18. The largest absolute Gasteiger partial charge is 0.466 e. The van der Waals surface area contributed by atoms with Gasteiger partial charge in [0.2, 0.25) is 0 Å². The first kappa shape index (κ1) is 19.0. The monoisotopic (exact) mass is 320 g/mol. The Kier molecular flexibility index (Phi) is 8.19. The minimum atomic E-state index is -0.209. The van der Waals surface area contributed by atoms with Crippen LogP contribution in [0, 0.1) is 6.92 Å². The topological polar surface area (TPSA) is 84.6 Å². The van der Waals surface area contributed by atoms with Crippen LogP contribution in [0.1, 0.15) is 48.8 Å². The van der Waals surface area contributed by atoms with Crippen molar-refractivity contribution in [1.29, 1.82) is 0 Å². The van der Waals surface area contributed by atoms with Crippen molar-refractivity contribution in [1.82, 2.24) is 5.32 Å². The van der Waals surface area contributed by atoms with Gasteiger partial charge in [0.15, 0.2) is 0 Å². The molecule has 1 atom stereocenters. The molecule has 128 valence electrons. The second kappa shape index (κ2) is 9.90. The maximum Gasteiger partial charge on any atom is 0.306 e. The Morgan fingerprint density at radius 2 is 2.22 bits per heavy atom. The van der Waals surface area contributed by atoms with Gasteiger partial charge in [0, 0.05) is 18.9 Å². The average Bonchev–Trinajstić information content (AvgIpc) is 2.52. The summed E-state index contributed by atoms with van der Waals surface area (Å²) in [6.07, 6.45) is 3.51. The first-order valence-corrected chi connectivity index (χ1v) is 7.99. The van der Waals surface area contributed by atoms with Crippen molar-refractivity contribution in [3.05, 3.63) is 46.8 Å². The number of carbonyl (C=O) groups excluding carboxylic acids is 1. The van der Waals surface area contributed by atoms with E-state index in [2.05, 4.69) is 5.32 Å². The molecule has 0 saturated heterocycles. The Bertz CT molecular complexity index is 541. The average molecular weight is 320 g/mol. The lowest BCUT2D eigenvalue weighted by atomic mass is 9.88. The highest BCUT2D eigenvalue weighted by atomic mass is 16.5. The second-order valence-corrected chi connectivity index (χ2v) is 5.60. The number of nitrogens with two attached hydrogens (primary N) is 1. The van der Waals surface area contributed by atoms with Crippen LogP contribution in [0.25, 0.3) is 0 Å². The molecule has 4 N–H and O–H groups in total. The second-order valence-electron chi connectivity index (χ2n) is 5.60. The minimum absolute atomic E-state index is 0.00635. The van der Waals surface area contributed by atoms with Gasteiger partial charge in [-0.15, -0.1) is 0 Å². The molecule has 0 bridgehead atoms. The number of aryl methyl sites for hydroxylation is 1. The first-order chi connectivity index (χ1) is 11.0. The van der Waals surface area contributed by atoms with Crippen molar-refractivity contribution in [3.8, 4) is 0 Å². The van der Waals surface area contributed by atoms with Gasteiger partial charge in [0.05, 0.1) is 19.6 Å². The molecular weight excluding hydrogens is 292 g/mol. The number of carbonyl (C=O) groups is 1. The predicted molar refractivity (Wildman–Crippen MR) is 91.7 cm³/mol. The van der Waals surface area contributed by atoms with E-state index in [0.717, 1.165) is 28.8 Å². The van der Waals surface area contributed by atoms with Crippen molar-refractivity contribution in [3.63, 3.8) is 0 Å². The minimum Gasteiger partial charge on any atom is -0.466 e. The van der Waals surface area contributed by atoms with Gasteiger partial charge in [-0.25, -0.2) is 0 Å². The van der Waals surface area contributed by atoms with Crippen molar-refractivity contribution in [2.75, 3.05) is 13.7 Å². The normalized spacial score (nSPS) is 12.8. The maximum absolute atomic E-state index is 11.9. The van der Waals surface area contributed by atoms with Gasteiger partial charge in [0.25, 0.3) is 0 Å². The molecule has 5 heteroatoms. The molecule has 0 spiro atoms. The summed E-state index contributed by atoms with van der Waals surface area (Å²) in [5.74, 6) is -0.191. The van der Waals surface area contributed by atoms with E-state index in [-0.39, 0.29) is 18.5 Å². The third-order valence-corrected chi connectivity index (χ3v) is 3.84. The number of hydrogen-bond donors (Lipinski definition) is 3. The maximum atomic E-state index is 11.9. The summed E-state index contributed by atoms with van der Waals surface area (Å²) in [4.78, 5) is 11.9. The van der Waals surface area contributed by atoms with Crippen LogP contribution in [0.4, 0.5) is 0 Å². The molecule has 0 saturated carbocycles. The Morgan fingerprint density at radius 1 is 1.48 bits per heavy atom. The summed E-state index contributed by atoms with van der Waals surface area (Å²) in [6, 6.07) is 5.96. The number of allylic oxidation sites excluding steroid dienone is 1. The summed E-state index contributed by atoms with van der Waals surface area (Å²) < 4.78 is 5.08. The zero-order chi connectivity index (χ0) is 17.2. The predicted octanol–water partition coefficient (Wildman–Crippen LogP) is 2.32. The summed E-state index contributed by atoms with van der Waals surface area (Å²) in [5, 5.41) is 12.4. The summed E-state index contributed by atoms with van der Waals surface area (Å²) in [7, 11) is 1.80. The van der Waals surface area contributed by atoms with Crippen molar-refractivity contribution < 1.29 is 14.6 Å². The Hall–Kier alpha value is -2.01. The third kappa shape index (κ3) is 6.32. The van der Waals surface area contributed by atoms with Gasteiger partial charge >= 0.3 is 5.97 Å². The van der Waals surface area contributed by atoms with E-state index in [1.807, 2.05) is 25.1 Å². The molecule has 0 aliphatic rings. The Morgan fingerprint density at radius 3 is 2.83 bits per heavy atom. The quantitative estimate of drug-likeness (QED) is 0.608. The van der Waals surface area contributed by atoms with Crippen LogP contribution in [-0.2, 0) is 16.1 Å². The number of aliphatic hydroxyl groups excluding tert-OH is 1. The molecule has 0 radical (unpaired) electrons. The smallest absolute Gasteiger partial charge is 0.306 e. The van der Waals surface area contributed by atoms with Gasteiger partial charge in [0.1, 0.15) is 0 Å². The molecular formula is C18H28N2O3. The number of esters is 1. The number of rotatable bonds is 9. The zero-order valence-corrected chi connectivity index (χ0v) is 14.3. The molecule has 1 aromatic rings. The standard InChI is InChI=1S/C18H28N2O3/c1-4-23-18(22)10-15(7-8-17(19)11-20-3)14-6-5-13(2)16(9-14)12-21/h5-6,9,11,15,20-21H,4,7-8,10,12,19H2,1-3H3/b17-11-. The van der Waals surface area contributed by atoms with E-state index in [1.165, 1.54) is 0 Å². The van der Waals surface area contributed by atoms with Crippen LogP contribution in [-0.4, -0.2) is 24.7 Å². The fourth-order valence-corrected chi connectivity index (χ4v) is 2.52. The molecule has 0 aliphatic heterocycles. The lowest BCUT2D eigenvalue weighted by molar-refractivity contribution is -0.143. The van der Waals surface area contributed by atoms with Crippen molar-refractivity contribution in [2.45, 2.75) is 45.6 Å². The lowest BCUT2D eigenvalue weighted by Gasteiger charge is -2.18. The fourth-order valence-electron chi connectivity index (χ4n) is 2.52. The molecule has 0 fully saturated rings. The van der Waals surface area contributed by atoms with E-state index in [1.54, 1.807) is 20.2 Å². The Balaban J connectivity index is 2.93. The van der Waals surface area contributed by atoms with Gasteiger partial charge < -0.3 is 20.9 Å². The lowest BCUT2D eigenvalue weighted by Crippen LogP contribution is -2.13. The van der Waals surface area contributed by atoms with Crippen molar-refractivity contribution >= 4 is 5.97 Å². The third-order valence-electron chi connectivity index (χ3n) is 3.84. The first-order valence-electron chi connectivity index (χ1n) is 7.99. The number of aliphatic hydroxyl groups is 1. The van der Waals surface area contributed by atoms with Gasteiger partial charge in [-0.1, -0.05) is 18.2 Å². The SMILES string of the molecule is CCOC(=O)CC(CC/C(N)=C/NC)c1ccc(C)c(CO)c1. The fraction of sp³-hybridized carbons (Fsp3) is 0.500. The summed E-state index contributed by atoms with van der Waals surface area (Å²) in [6.45, 7) is 4.14. The molecule has 1 unspecified atom stereocenters. The van der Waals surface area contributed by atoms with Gasteiger partial charge in [-0.3, -0.25) is 4.79 Å². The highest BCUT2D eigenvalue weighted by Crippen LogP contribution is 2.28. The van der Waals surface area contributed by atoms with Crippen LogP contribution in [0.15, 0.2) is 30.1 Å². The summed E-state index contributed by atoms with van der Waals surface area (Å²) in [5.41, 5.74) is 9.63. The van der Waals surface area contributed by atoms with E-state index in [4.69, 9.17) is 10.5 Å². The van der Waals surface area contributed by atoms with Crippen LogP contribution >= 0.6 is 0 Å². The zero-order valence-electron chi connectivity index (χ0n) is 14.3. The van der Waals surface area contributed by atoms with Crippen molar-refractivity contribution in [2.24, 2.45) is 5.73 Å².